The second kappa shape index (κ2) is 8.43. The van der Waals surface area contributed by atoms with Gasteiger partial charge in [0.15, 0.2) is 11.5 Å². The number of anilines is 1. The molecule has 2 aromatic rings. The fourth-order valence-corrected chi connectivity index (χ4v) is 2.50. The number of halogens is 1. The molecule has 0 saturated carbocycles. The van der Waals surface area contributed by atoms with E-state index in [0.29, 0.717) is 24.5 Å². The van der Waals surface area contributed by atoms with Gasteiger partial charge in [0.2, 0.25) is 0 Å². The zero-order valence-electron chi connectivity index (χ0n) is 13.1. The molecule has 2 amide bonds. The summed E-state index contributed by atoms with van der Waals surface area (Å²) >= 11 is 3.37. The second-order valence-electron chi connectivity index (χ2n) is 4.83. The molecule has 0 heterocycles. The number of methoxy groups -OCH3 is 2. The van der Waals surface area contributed by atoms with Gasteiger partial charge in [-0.3, -0.25) is 0 Å². The van der Waals surface area contributed by atoms with Crippen LogP contribution in [0.5, 0.6) is 11.5 Å². The summed E-state index contributed by atoms with van der Waals surface area (Å²) in [7, 11) is 3.21. The van der Waals surface area contributed by atoms with E-state index in [9.17, 15) is 4.79 Å². The van der Waals surface area contributed by atoms with E-state index in [4.69, 9.17) is 9.47 Å². The monoisotopic (exact) mass is 378 g/mol. The molecule has 2 rings (SSSR count). The van der Waals surface area contributed by atoms with Gasteiger partial charge in [-0.05, 0) is 42.3 Å². The number of carbonyl (C=O) groups excluding carboxylic acids is 1. The fourth-order valence-electron chi connectivity index (χ4n) is 2.10. The first-order chi connectivity index (χ1) is 11.1. The lowest BCUT2D eigenvalue weighted by Gasteiger charge is -2.10. The summed E-state index contributed by atoms with van der Waals surface area (Å²) in [5, 5.41) is 5.61. The number of hydrogen-bond donors (Lipinski definition) is 2. The zero-order chi connectivity index (χ0) is 16.7. The molecule has 0 aliphatic carbocycles. The van der Waals surface area contributed by atoms with E-state index < -0.39 is 0 Å². The number of carbonyl (C=O) groups is 1. The van der Waals surface area contributed by atoms with Gasteiger partial charge in [-0.25, -0.2) is 4.79 Å². The Morgan fingerprint density at radius 2 is 1.87 bits per heavy atom. The lowest BCUT2D eigenvalue weighted by molar-refractivity contribution is 0.252. The number of rotatable bonds is 6. The van der Waals surface area contributed by atoms with Crippen LogP contribution in [0, 0.1) is 0 Å². The lowest BCUT2D eigenvalue weighted by Crippen LogP contribution is -2.30. The normalized spacial score (nSPS) is 10.0. The minimum absolute atomic E-state index is 0.233. The molecule has 2 aromatic carbocycles. The molecule has 0 bridgehead atoms. The highest BCUT2D eigenvalue weighted by Crippen LogP contribution is 2.27. The maximum absolute atomic E-state index is 11.9. The van der Waals surface area contributed by atoms with Crippen LogP contribution in [0.2, 0.25) is 0 Å². The Hall–Kier alpha value is -2.21. The van der Waals surface area contributed by atoms with Crippen LogP contribution in [0.1, 0.15) is 5.56 Å². The molecule has 23 heavy (non-hydrogen) atoms. The van der Waals surface area contributed by atoms with Crippen molar-refractivity contribution in [2.24, 2.45) is 0 Å². The van der Waals surface area contributed by atoms with Gasteiger partial charge in [0.05, 0.1) is 14.2 Å². The molecule has 2 N–H and O–H groups in total. The Bertz CT molecular complexity index is 677. The van der Waals surface area contributed by atoms with Crippen LogP contribution >= 0.6 is 15.9 Å². The van der Waals surface area contributed by atoms with Gasteiger partial charge < -0.3 is 20.1 Å². The first-order valence-electron chi connectivity index (χ1n) is 7.13. The van der Waals surface area contributed by atoms with E-state index in [1.54, 1.807) is 14.2 Å². The third-order valence-corrected chi connectivity index (χ3v) is 3.72. The van der Waals surface area contributed by atoms with E-state index in [2.05, 4.69) is 26.6 Å². The van der Waals surface area contributed by atoms with Crippen LogP contribution in [0.3, 0.4) is 0 Å². The van der Waals surface area contributed by atoms with Gasteiger partial charge in [0.1, 0.15) is 0 Å². The van der Waals surface area contributed by atoms with Crippen LogP contribution < -0.4 is 20.1 Å². The van der Waals surface area contributed by atoms with Crippen molar-refractivity contribution < 1.29 is 14.3 Å². The van der Waals surface area contributed by atoms with Crippen LogP contribution in [-0.4, -0.2) is 26.8 Å². The molecule has 0 saturated heterocycles. The predicted octanol–water partition coefficient (Wildman–Crippen LogP) is 3.83. The molecular formula is C17H19BrN2O3. The van der Waals surface area contributed by atoms with Gasteiger partial charge in [-0.15, -0.1) is 0 Å². The summed E-state index contributed by atoms with van der Waals surface area (Å²) in [5.41, 5.74) is 1.80. The topological polar surface area (TPSA) is 59.6 Å². The Labute approximate surface area is 144 Å². The van der Waals surface area contributed by atoms with E-state index in [-0.39, 0.29) is 6.03 Å². The Morgan fingerprint density at radius 1 is 1.09 bits per heavy atom. The Balaban J connectivity index is 1.83. The minimum Gasteiger partial charge on any atom is -0.493 e. The summed E-state index contributed by atoms with van der Waals surface area (Å²) in [6.45, 7) is 0.523. The third-order valence-electron chi connectivity index (χ3n) is 3.23. The quantitative estimate of drug-likeness (QED) is 0.802. The van der Waals surface area contributed by atoms with Crippen molar-refractivity contribution in [1.82, 2.24) is 5.32 Å². The highest BCUT2D eigenvalue weighted by atomic mass is 79.9. The number of ether oxygens (including phenoxy) is 2. The van der Waals surface area contributed by atoms with Crippen molar-refractivity contribution in [1.29, 1.82) is 0 Å². The molecule has 0 radical (unpaired) electrons. The lowest BCUT2D eigenvalue weighted by atomic mass is 10.1. The molecule has 0 unspecified atom stereocenters. The van der Waals surface area contributed by atoms with Gasteiger partial charge in [-0.1, -0.05) is 28.1 Å². The summed E-state index contributed by atoms with van der Waals surface area (Å²) in [6, 6.07) is 12.9. The third kappa shape index (κ3) is 5.17. The Kier molecular flexibility index (Phi) is 6.29. The molecule has 5 nitrogen and oxygen atoms in total. The van der Waals surface area contributed by atoms with Crippen LogP contribution in [-0.2, 0) is 6.42 Å². The van der Waals surface area contributed by atoms with Gasteiger partial charge in [-0.2, -0.15) is 0 Å². The SMILES string of the molecule is COc1ccc(CCNC(=O)Nc2cccc(Br)c2)cc1OC. The molecule has 122 valence electrons. The highest BCUT2D eigenvalue weighted by Gasteiger charge is 2.05. The molecule has 0 aromatic heterocycles. The zero-order valence-corrected chi connectivity index (χ0v) is 14.6. The summed E-state index contributed by atoms with van der Waals surface area (Å²) in [6.07, 6.45) is 0.701. The molecule has 6 heteroatoms. The van der Waals surface area contributed by atoms with Crippen molar-refractivity contribution in [2.75, 3.05) is 26.1 Å². The van der Waals surface area contributed by atoms with Crippen molar-refractivity contribution in [3.63, 3.8) is 0 Å². The molecule has 0 aliphatic heterocycles. The first kappa shape index (κ1) is 17.1. The van der Waals surface area contributed by atoms with Crippen LogP contribution in [0.25, 0.3) is 0 Å². The summed E-state index contributed by atoms with van der Waals surface area (Å²) < 4.78 is 11.4. The molecule has 0 atom stereocenters. The first-order valence-corrected chi connectivity index (χ1v) is 7.93. The largest absolute Gasteiger partial charge is 0.493 e. The summed E-state index contributed by atoms with van der Waals surface area (Å²) in [4.78, 5) is 11.9. The molecular weight excluding hydrogens is 360 g/mol. The standard InChI is InChI=1S/C17H19BrN2O3/c1-22-15-7-6-12(10-16(15)23-2)8-9-19-17(21)20-14-5-3-4-13(18)11-14/h3-7,10-11H,8-9H2,1-2H3,(H2,19,20,21). The number of urea groups is 1. The Morgan fingerprint density at radius 3 is 2.57 bits per heavy atom. The predicted molar refractivity (Wildman–Crippen MR) is 94.4 cm³/mol. The minimum atomic E-state index is -0.233. The number of benzene rings is 2. The van der Waals surface area contributed by atoms with Crippen molar-refractivity contribution in [3.05, 3.63) is 52.5 Å². The fraction of sp³-hybridized carbons (Fsp3) is 0.235. The molecule has 0 fully saturated rings. The number of nitrogens with one attached hydrogen (secondary N) is 2. The maximum Gasteiger partial charge on any atom is 0.319 e. The van der Waals surface area contributed by atoms with Gasteiger partial charge >= 0.3 is 6.03 Å². The van der Waals surface area contributed by atoms with E-state index in [1.807, 2.05) is 42.5 Å². The maximum atomic E-state index is 11.9. The highest BCUT2D eigenvalue weighted by molar-refractivity contribution is 9.10. The molecule has 0 aliphatic rings. The van der Waals surface area contributed by atoms with Crippen LogP contribution in [0.4, 0.5) is 10.5 Å². The van der Waals surface area contributed by atoms with E-state index in [1.165, 1.54) is 0 Å². The number of hydrogen-bond acceptors (Lipinski definition) is 3. The average Bonchev–Trinajstić information content (AvgIpc) is 2.54. The van der Waals surface area contributed by atoms with E-state index >= 15 is 0 Å². The number of amides is 2. The second-order valence-corrected chi connectivity index (χ2v) is 5.75. The van der Waals surface area contributed by atoms with Crippen LogP contribution in [0.15, 0.2) is 46.9 Å². The van der Waals surface area contributed by atoms with E-state index in [0.717, 1.165) is 15.7 Å². The van der Waals surface area contributed by atoms with Gasteiger partial charge in [0, 0.05) is 16.7 Å². The van der Waals surface area contributed by atoms with Crippen molar-refractivity contribution >= 4 is 27.6 Å². The summed E-state index contributed by atoms with van der Waals surface area (Å²) in [5.74, 6) is 1.38. The molecule has 0 spiro atoms. The van der Waals surface area contributed by atoms with Crippen molar-refractivity contribution in [2.45, 2.75) is 6.42 Å². The van der Waals surface area contributed by atoms with Gasteiger partial charge in [0.25, 0.3) is 0 Å². The smallest absolute Gasteiger partial charge is 0.319 e. The van der Waals surface area contributed by atoms with Crippen molar-refractivity contribution in [3.8, 4) is 11.5 Å². The average molecular weight is 379 g/mol.